The molecular weight excluding hydrogens is 767 g/mol. The fourth-order valence-electron chi connectivity index (χ4n) is 6.24. The fraction of sp³-hybridized carbons (Fsp3) is 0.375. The Morgan fingerprint density at radius 2 is 0.885 bits per heavy atom. The second kappa shape index (κ2) is 20.5. The van der Waals surface area contributed by atoms with E-state index < -0.39 is 20.8 Å². The van der Waals surface area contributed by atoms with E-state index in [1.165, 1.54) is 87.7 Å². The van der Waals surface area contributed by atoms with Crippen LogP contribution in [0.3, 0.4) is 0 Å². The maximum atomic E-state index is 4.93. The van der Waals surface area contributed by atoms with Gasteiger partial charge in [-0.05, 0) is 44.9 Å². The molecule has 0 atom stereocenters. The second-order valence-electron chi connectivity index (χ2n) is 16.2. The predicted octanol–water partition coefficient (Wildman–Crippen LogP) is 16.2. The van der Waals surface area contributed by atoms with Crippen molar-refractivity contribution in [3.8, 4) is 22.3 Å². The molecule has 6 aromatic carbocycles. The minimum atomic E-state index is -0.826. The Hall–Kier alpha value is -2.22. The fourth-order valence-corrected chi connectivity index (χ4v) is 6.74. The molecule has 0 saturated carbocycles. The van der Waals surface area contributed by atoms with Crippen molar-refractivity contribution in [3.05, 3.63) is 131 Å². The van der Waals surface area contributed by atoms with Crippen molar-refractivity contribution in [2.24, 2.45) is 0 Å². The third-order valence-corrected chi connectivity index (χ3v) is 10.5. The maximum absolute atomic E-state index is 4.93. The van der Waals surface area contributed by atoms with Crippen LogP contribution in [0.5, 0.6) is 0 Å². The molecule has 2 radical (unpaired) electrons. The Kier molecular flexibility index (Phi) is 17.4. The molecule has 0 saturated heterocycles. The summed E-state index contributed by atoms with van der Waals surface area (Å²) in [5.74, 6) is 1.15. The van der Waals surface area contributed by atoms with Gasteiger partial charge in [-0.2, -0.15) is 12.1 Å². The van der Waals surface area contributed by atoms with Crippen LogP contribution in [0.25, 0.3) is 43.8 Å². The van der Waals surface area contributed by atoms with Gasteiger partial charge in [-0.25, -0.2) is 0 Å². The standard InChI is InChI=1S/2C22H25.C4H10Si.2ClH.Zr/c2*1-15(2)18-13-17-7-6-8-20(21(17)14-18)16-9-11-19(12-10-16)22(3,4)5;1-3-5-4-2;;;/h2*6-15H,1-5H3;3-4H2,1-2H3;2*1H;/q2*-1;;;;+4/p-2. The summed E-state index contributed by atoms with van der Waals surface area (Å²) in [5.41, 5.74) is 11.3. The molecule has 4 heteroatoms. The molecule has 0 aromatic heterocycles. The van der Waals surface area contributed by atoms with E-state index in [0.717, 1.165) is 0 Å². The van der Waals surface area contributed by atoms with Gasteiger partial charge in [0.1, 0.15) is 0 Å². The van der Waals surface area contributed by atoms with Gasteiger partial charge in [0.15, 0.2) is 0 Å². The topological polar surface area (TPSA) is 0 Å². The number of hydrogen-bond donors (Lipinski definition) is 0. The molecule has 0 nitrogen and oxygen atoms in total. The van der Waals surface area contributed by atoms with Crippen molar-refractivity contribution < 1.29 is 20.8 Å². The minimum absolute atomic E-state index is 0.204. The summed E-state index contributed by atoms with van der Waals surface area (Å²) in [7, 11) is 11.1. The molecule has 0 N–H and O–H groups in total. The SMILES string of the molecule is CC(C)c1cc2c(-c3ccc(C(C)(C)C)cc3)cccc2[cH-]1.CC(C)c1cc2c(-c3ccc(C(C)(C)C)cc3)cccc2[cH-]1.CC[Si]CC.[Cl][Zr+2][Cl]. The average Bonchev–Trinajstić information content (AvgIpc) is 3.75. The van der Waals surface area contributed by atoms with Gasteiger partial charge in [-0.15, -0.1) is 69.1 Å². The summed E-state index contributed by atoms with van der Waals surface area (Å²) < 4.78 is 0. The summed E-state index contributed by atoms with van der Waals surface area (Å²) in [6.45, 7) is 27.0. The molecule has 0 aliphatic carbocycles. The van der Waals surface area contributed by atoms with Crippen LogP contribution in [-0.4, -0.2) is 9.52 Å². The van der Waals surface area contributed by atoms with E-state index in [9.17, 15) is 0 Å². The summed E-state index contributed by atoms with van der Waals surface area (Å²) in [4.78, 5) is 0. The van der Waals surface area contributed by atoms with Crippen molar-refractivity contribution in [2.45, 2.75) is 118 Å². The molecule has 0 aliphatic heterocycles. The Bertz CT molecular complexity index is 1790. The Morgan fingerprint density at radius 1 is 0.558 bits per heavy atom. The van der Waals surface area contributed by atoms with Crippen molar-refractivity contribution in [3.63, 3.8) is 0 Å². The second-order valence-corrected chi connectivity index (χ2v) is 21.8. The van der Waals surface area contributed by atoms with E-state index in [2.05, 4.69) is 192 Å². The molecule has 0 spiro atoms. The van der Waals surface area contributed by atoms with Gasteiger partial charge in [0.25, 0.3) is 0 Å². The van der Waals surface area contributed by atoms with Crippen LogP contribution < -0.4 is 0 Å². The summed E-state index contributed by atoms with van der Waals surface area (Å²) in [6.07, 6.45) is 0. The zero-order valence-corrected chi connectivity index (χ0v) is 38.7. The molecule has 0 fully saturated rings. The third kappa shape index (κ3) is 12.4. The van der Waals surface area contributed by atoms with Crippen LogP contribution in [0.1, 0.15) is 117 Å². The molecule has 0 aliphatic rings. The molecule has 6 aromatic rings. The molecule has 6 rings (SSSR count). The van der Waals surface area contributed by atoms with E-state index in [1.807, 2.05) is 0 Å². The van der Waals surface area contributed by atoms with E-state index in [4.69, 9.17) is 17.0 Å². The average molecular weight is 827 g/mol. The van der Waals surface area contributed by atoms with Crippen LogP contribution in [0.15, 0.2) is 109 Å². The van der Waals surface area contributed by atoms with Gasteiger partial charge in [0.05, 0.1) is 0 Å². The summed E-state index contributed by atoms with van der Waals surface area (Å²) in [5, 5.41) is 5.44. The summed E-state index contributed by atoms with van der Waals surface area (Å²) >= 11 is -0.826. The molecule has 274 valence electrons. The molecule has 0 heterocycles. The molecule has 52 heavy (non-hydrogen) atoms. The van der Waals surface area contributed by atoms with Crippen LogP contribution in [0.2, 0.25) is 12.1 Å². The third-order valence-electron chi connectivity index (χ3n) is 9.50. The Balaban J connectivity index is 0.000000233. The van der Waals surface area contributed by atoms with Crippen LogP contribution in [0, 0.1) is 0 Å². The molecule has 0 amide bonds. The predicted molar refractivity (Wildman–Crippen MR) is 234 cm³/mol. The van der Waals surface area contributed by atoms with Gasteiger partial charge in [-0.3, -0.25) is 0 Å². The monoisotopic (exact) mass is 824 g/mol. The first-order valence-corrected chi connectivity index (χ1v) is 26.6. The first-order valence-electron chi connectivity index (χ1n) is 18.8. The first-order chi connectivity index (χ1) is 24.5. The number of halogens is 2. The van der Waals surface area contributed by atoms with E-state index in [-0.39, 0.29) is 10.8 Å². The normalized spacial score (nSPS) is 11.4. The quantitative estimate of drug-likeness (QED) is 0.116. The van der Waals surface area contributed by atoms with Gasteiger partial charge in [0, 0.05) is 9.52 Å². The first kappa shape index (κ1) is 44.2. The number of rotatable bonds is 6. The molecular formula is C48H60Cl2SiZr. The van der Waals surface area contributed by atoms with Gasteiger partial charge < -0.3 is 0 Å². The van der Waals surface area contributed by atoms with Gasteiger partial charge in [0.2, 0.25) is 0 Å². The van der Waals surface area contributed by atoms with Crippen molar-refractivity contribution >= 4 is 48.1 Å². The summed E-state index contributed by atoms with van der Waals surface area (Å²) in [6, 6.07) is 43.4. The van der Waals surface area contributed by atoms with Crippen LogP contribution in [-0.2, 0) is 31.7 Å². The molecule has 0 bridgehead atoms. The van der Waals surface area contributed by atoms with Crippen LogP contribution in [0.4, 0.5) is 0 Å². The Morgan fingerprint density at radius 3 is 1.13 bits per heavy atom. The van der Waals surface area contributed by atoms with Crippen molar-refractivity contribution in [1.82, 2.24) is 0 Å². The van der Waals surface area contributed by atoms with E-state index in [0.29, 0.717) is 11.8 Å². The van der Waals surface area contributed by atoms with Crippen LogP contribution >= 0.6 is 17.0 Å². The van der Waals surface area contributed by atoms with Crippen molar-refractivity contribution in [1.29, 1.82) is 0 Å². The number of fused-ring (bicyclic) bond motifs is 2. The number of hydrogen-bond acceptors (Lipinski definition) is 0. The number of benzene rings is 4. The zero-order valence-electron chi connectivity index (χ0n) is 33.7. The van der Waals surface area contributed by atoms with Gasteiger partial charge >= 0.3 is 37.9 Å². The van der Waals surface area contributed by atoms with E-state index >= 15 is 0 Å². The Labute approximate surface area is 338 Å². The molecule has 0 unspecified atom stereocenters. The van der Waals surface area contributed by atoms with E-state index in [1.54, 1.807) is 0 Å². The van der Waals surface area contributed by atoms with Gasteiger partial charge in [-0.1, -0.05) is 167 Å². The van der Waals surface area contributed by atoms with Crippen molar-refractivity contribution in [2.75, 3.05) is 0 Å². The zero-order chi connectivity index (χ0) is 38.6.